The molecule has 1 aromatic carbocycles. The molecule has 0 bridgehead atoms. The average molecular weight is 374 g/mol. The molecule has 1 heterocycles. The molecule has 1 fully saturated rings. The number of hydrogen-bond donors (Lipinski definition) is 1. The Morgan fingerprint density at radius 2 is 2.00 bits per heavy atom. The van der Waals surface area contributed by atoms with Gasteiger partial charge in [0.2, 0.25) is 11.1 Å². The fraction of sp³-hybridized carbons (Fsp3) is 0.579. The lowest BCUT2D eigenvalue weighted by Gasteiger charge is -2.34. The van der Waals surface area contributed by atoms with Crippen LogP contribution in [0.4, 0.5) is 0 Å². The number of amides is 1. The van der Waals surface area contributed by atoms with Gasteiger partial charge < -0.3 is 5.32 Å². The van der Waals surface area contributed by atoms with Crippen LogP contribution in [0.3, 0.4) is 0 Å². The summed E-state index contributed by atoms with van der Waals surface area (Å²) in [5.41, 5.74) is 3.19. The van der Waals surface area contributed by atoms with Gasteiger partial charge in [-0.3, -0.25) is 4.79 Å². The lowest BCUT2D eigenvalue weighted by atomic mass is 9.78. The summed E-state index contributed by atoms with van der Waals surface area (Å²) < 4.78 is 1.73. The SMILES string of the molecule is Cc1cccc(C)c1-n1nnnc1SCC(=O)N[C@@H]1CCC[C@@H](C)[C@@H]1C. The lowest BCUT2D eigenvalue weighted by molar-refractivity contribution is -0.120. The van der Waals surface area contributed by atoms with E-state index in [0.29, 0.717) is 22.7 Å². The van der Waals surface area contributed by atoms with Crippen LogP contribution in [0.2, 0.25) is 0 Å². The molecule has 2 aromatic rings. The molecule has 3 atom stereocenters. The number of tetrazole rings is 1. The minimum atomic E-state index is 0.0528. The summed E-state index contributed by atoms with van der Waals surface area (Å²) >= 11 is 1.38. The van der Waals surface area contributed by atoms with Crippen molar-refractivity contribution in [3.63, 3.8) is 0 Å². The van der Waals surface area contributed by atoms with Gasteiger partial charge in [-0.1, -0.05) is 56.7 Å². The summed E-state index contributed by atoms with van der Waals surface area (Å²) in [5.74, 6) is 1.57. The predicted molar refractivity (Wildman–Crippen MR) is 103 cm³/mol. The number of carbonyl (C=O) groups is 1. The van der Waals surface area contributed by atoms with Crippen LogP contribution < -0.4 is 5.32 Å². The number of aryl methyl sites for hydroxylation is 2. The molecule has 26 heavy (non-hydrogen) atoms. The van der Waals surface area contributed by atoms with E-state index in [-0.39, 0.29) is 11.9 Å². The van der Waals surface area contributed by atoms with Crippen molar-refractivity contribution in [3.8, 4) is 5.69 Å². The Hall–Kier alpha value is -1.89. The van der Waals surface area contributed by atoms with Gasteiger partial charge in [-0.2, -0.15) is 4.68 Å². The molecule has 6 nitrogen and oxygen atoms in total. The molecule has 1 saturated carbocycles. The van der Waals surface area contributed by atoms with Gasteiger partial charge in [0, 0.05) is 6.04 Å². The van der Waals surface area contributed by atoms with Crippen LogP contribution in [0.5, 0.6) is 0 Å². The number of hydrogen-bond acceptors (Lipinski definition) is 5. The molecule has 0 spiro atoms. The summed E-state index contributed by atoms with van der Waals surface area (Å²) in [5, 5.41) is 15.9. The van der Waals surface area contributed by atoms with Crippen molar-refractivity contribution in [3.05, 3.63) is 29.3 Å². The number of carbonyl (C=O) groups excluding carboxylic acids is 1. The maximum Gasteiger partial charge on any atom is 0.230 e. The van der Waals surface area contributed by atoms with Crippen LogP contribution in [0.15, 0.2) is 23.4 Å². The lowest BCUT2D eigenvalue weighted by Crippen LogP contribution is -2.44. The normalized spacial score (nSPS) is 23.0. The summed E-state index contributed by atoms with van der Waals surface area (Å²) in [6, 6.07) is 6.38. The van der Waals surface area contributed by atoms with Crippen LogP contribution in [0.25, 0.3) is 5.69 Å². The smallest absolute Gasteiger partial charge is 0.230 e. The molecule has 1 aromatic heterocycles. The van der Waals surface area contributed by atoms with Crippen LogP contribution in [-0.4, -0.2) is 37.9 Å². The standard InChI is InChI=1S/C19H27N5OS/c1-12-7-6-10-16(15(12)4)20-17(25)11-26-19-21-22-23-24(19)18-13(2)8-5-9-14(18)3/h5,8-9,12,15-16H,6-7,10-11H2,1-4H3,(H,20,25)/t12-,15+,16-/m1/s1. The highest BCUT2D eigenvalue weighted by Gasteiger charge is 2.28. The maximum absolute atomic E-state index is 12.4. The third kappa shape index (κ3) is 4.09. The van der Waals surface area contributed by atoms with Crippen LogP contribution >= 0.6 is 11.8 Å². The number of nitrogens with one attached hydrogen (secondary N) is 1. The molecule has 0 aliphatic heterocycles. The first kappa shape index (κ1) is 18.9. The molecule has 0 radical (unpaired) electrons. The van der Waals surface area contributed by atoms with Crippen molar-refractivity contribution >= 4 is 17.7 Å². The summed E-state index contributed by atoms with van der Waals surface area (Å²) in [4.78, 5) is 12.4. The van der Waals surface area contributed by atoms with Crippen LogP contribution in [-0.2, 0) is 4.79 Å². The van der Waals surface area contributed by atoms with Crippen molar-refractivity contribution in [2.45, 2.75) is 58.2 Å². The number of nitrogens with zero attached hydrogens (tertiary/aromatic N) is 4. The second kappa shape index (κ2) is 8.20. The zero-order valence-electron chi connectivity index (χ0n) is 15.9. The highest BCUT2D eigenvalue weighted by Crippen LogP contribution is 2.29. The monoisotopic (exact) mass is 373 g/mol. The summed E-state index contributed by atoms with van der Waals surface area (Å²) in [6.07, 6.45) is 3.52. The molecule has 140 valence electrons. The molecule has 1 aliphatic rings. The number of benzene rings is 1. The van der Waals surface area contributed by atoms with Gasteiger partial charge in [0.05, 0.1) is 11.4 Å². The molecule has 1 amide bonds. The van der Waals surface area contributed by atoms with E-state index in [9.17, 15) is 4.79 Å². The third-order valence-corrected chi connectivity index (χ3v) is 6.40. The Morgan fingerprint density at radius 3 is 2.73 bits per heavy atom. The quantitative estimate of drug-likeness (QED) is 0.814. The molecular formula is C19H27N5OS. The van der Waals surface area contributed by atoms with Gasteiger partial charge in [0.25, 0.3) is 0 Å². The Morgan fingerprint density at radius 1 is 1.27 bits per heavy atom. The van der Waals surface area contributed by atoms with E-state index in [4.69, 9.17) is 0 Å². The molecule has 0 unspecified atom stereocenters. The highest BCUT2D eigenvalue weighted by atomic mass is 32.2. The van der Waals surface area contributed by atoms with Gasteiger partial charge in [-0.05, 0) is 53.7 Å². The van der Waals surface area contributed by atoms with Gasteiger partial charge >= 0.3 is 0 Å². The zero-order chi connectivity index (χ0) is 18.7. The minimum Gasteiger partial charge on any atom is -0.352 e. The maximum atomic E-state index is 12.4. The number of rotatable bonds is 5. The molecule has 0 saturated heterocycles. The Kier molecular flexibility index (Phi) is 5.96. The fourth-order valence-corrected chi connectivity index (χ4v) is 4.40. The average Bonchev–Trinajstić information content (AvgIpc) is 3.05. The molecule has 3 rings (SSSR count). The second-order valence-electron chi connectivity index (χ2n) is 7.34. The highest BCUT2D eigenvalue weighted by molar-refractivity contribution is 7.99. The van der Waals surface area contributed by atoms with E-state index in [2.05, 4.69) is 34.7 Å². The number of aromatic nitrogens is 4. The van der Waals surface area contributed by atoms with Gasteiger partial charge in [-0.15, -0.1) is 5.10 Å². The van der Waals surface area contributed by atoms with E-state index < -0.39 is 0 Å². The van der Waals surface area contributed by atoms with Gasteiger partial charge in [0.15, 0.2) is 0 Å². The third-order valence-electron chi connectivity index (χ3n) is 5.48. The zero-order valence-corrected chi connectivity index (χ0v) is 16.7. The molecule has 7 heteroatoms. The van der Waals surface area contributed by atoms with Crippen molar-refractivity contribution in [1.82, 2.24) is 25.5 Å². The first-order chi connectivity index (χ1) is 12.5. The Labute approximate surface area is 159 Å². The second-order valence-corrected chi connectivity index (χ2v) is 8.29. The van der Waals surface area contributed by atoms with Crippen molar-refractivity contribution in [2.75, 3.05) is 5.75 Å². The van der Waals surface area contributed by atoms with E-state index in [1.807, 2.05) is 32.0 Å². The van der Waals surface area contributed by atoms with Gasteiger partial charge in [0.1, 0.15) is 0 Å². The van der Waals surface area contributed by atoms with Crippen LogP contribution in [0.1, 0.15) is 44.2 Å². The van der Waals surface area contributed by atoms with E-state index >= 15 is 0 Å². The first-order valence-electron chi connectivity index (χ1n) is 9.24. The first-order valence-corrected chi connectivity index (χ1v) is 10.2. The summed E-state index contributed by atoms with van der Waals surface area (Å²) in [6.45, 7) is 8.59. The molecule has 1 aliphatic carbocycles. The largest absolute Gasteiger partial charge is 0.352 e. The van der Waals surface area contributed by atoms with Gasteiger partial charge in [-0.25, -0.2) is 0 Å². The van der Waals surface area contributed by atoms with E-state index in [1.54, 1.807) is 4.68 Å². The molecule has 1 N–H and O–H groups in total. The predicted octanol–water partition coefficient (Wildman–Crippen LogP) is 3.31. The number of thioether (sulfide) groups is 1. The van der Waals surface area contributed by atoms with Crippen molar-refractivity contribution in [1.29, 1.82) is 0 Å². The van der Waals surface area contributed by atoms with Crippen LogP contribution in [0, 0.1) is 25.7 Å². The van der Waals surface area contributed by atoms with Crippen molar-refractivity contribution < 1.29 is 4.79 Å². The molecular weight excluding hydrogens is 346 g/mol. The van der Waals surface area contributed by atoms with E-state index in [0.717, 1.165) is 23.2 Å². The minimum absolute atomic E-state index is 0.0528. The topological polar surface area (TPSA) is 72.7 Å². The number of para-hydroxylation sites is 1. The Balaban J connectivity index is 1.64. The van der Waals surface area contributed by atoms with Crippen molar-refractivity contribution in [2.24, 2.45) is 11.8 Å². The van der Waals surface area contributed by atoms with E-state index in [1.165, 1.54) is 24.6 Å². The Bertz CT molecular complexity index is 755. The fourth-order valence-electron chi connectivity index (χ4n) is 3.71. The summed E-state index contributed by atoms with van der Waals surface area (Å²) in [7, 11) is 0.